The quantitative estimate of drug-likeness (QED) is 0.185. The van der Waals surface area contributed by atoms with E-state index in [1.807, 2.05) is 0 Å². The molecule has 1 amide bonds. The number of rotatable bonds is 6. The van der Waals surface area contributed by atoms with Gasteiger partial charge in [0.15, 0.2) is 0 Å². The third-order valence-electron chi connectivity index (χ3n) is 8.35. The number of nitrogens with zero attached hydrogens (tertiary/aromatic N) is 2. The Balaban J connectivity index is 1.45. The molecule has 1 saturated heterocycles. The number of fused-ring (bicyclic) bond motifs is 2. The molecule has 0 bridgehead atoms. The number of carbonyl (C=O) groups excluding carboxylic acids is 1. The molecule has 41 heavy (non-hydrogen) atoms. The number of hydrogen-bond donors (Lipinski definition) is 1. The molecular formula is C34H32ClFN3OS+. The lowest BCUT2D eigenvalue weighted by Gasteiger charge is -2.36. The second-order valence-electron chi connectivity index (χ2n) is 11.1. The molecule has 208 valence electrons. The molecule has 1 atom stereocenters. The van der Waals surface area contributed by atoms with E-state index < -0.39 is 0 Å². The number of pyridine rings is 1. The van der Waals surface area contributed by atoms with E-state index in [0.717, 1.165) is 47.0 Å². The Morgan fingerprint density at radius 1 is 1.02 bits per heavy atom. The lowest BCUT2D eigenvalue weighted by atomic mass is 9.75. The van der Waals surface area contributed by atoms with Gasteiger partial charge in [-0.3, -0.25) is 0 Å². The van der Waals surface area contributed by atoms with Gasteiger partial charge in [-0.15, -0.1) is 0 Å². The lowest BCUT2D eigenvalue weighted by Crippen LogP contribution is -2.57. The SMILES string of the molecule is Cc1ccc(/C=C/C[N+]2(C(=O)c3ccnc(Cl)c3)CC3(CCNCC3)c3cc(Sc4ccc(F)cc4)ccc32)cc1. The Kier molecular flexibility index (Phi) is 7.84. The third kappa shape index (κ3) is 5.62. The van der Waals surface area contributed by atoms with Gasteiger partial charge in [0, 0.05) is 27.6 Å². The van der Waals surface area contributed by atoms with Gasteiger partial charge in [0.05, 0.1) is 11.0 Å². The van der Waals surface area contributed by atoms with E-state index in [-0.39, 0.29) is 21.6 Å². The zero-order valence-electron chi connectivity index (χ0n) is 22.9. The van der Waals surface area contributed by atoms with Gasteiger partial charge >= 0.3 is 5.91 Å². The summed E-state index contributed by atoms with van der Waals surface area (Å²) in [6, 6.07) is 24.9. The molecule has 7 heteroatoms. The van der Waals surface area contributed by atoms with E-state index in [1.165, 1.54) is 23.3 Å². The molecular weight excluding hydrogens is 553 g/mol. The number of amides is 1. The van der Waals surface area contributed by atoms with Gasteiger partial charge in [-0.05, 0) is 93.0 Å². The fourth-order valence-electron chi connectivity index (χ4n) is 6.29. The smallest absolute Gasteiger partial charge is 0.317 e. The molecule has 2 aliphatic heterocycles. The normalized spacial score (nSPS) is 19.5. The van der Waals surface area contributed by atoms with Crippen molar-refractivity contribution >= 4 is 41.0 Å². The van der Waals surface area contributed by atoms with E-state index in [0.29, 0.717) is 23.8 Å². The maximum atomic E-state index is 14.6. The van der Waals surface area contributed by atoms with E-state index in [9.17, 15) is 9.18 Å². The van der Waals surface area contributed by atoms with Crippen molar-refractivity contribution in [2.24, 2.45) is 0 Å². The summed E-state index contributed by atoms with van der Waals surface area (Å²) in [5.41, 5.74) is 5.03. The first kappa shape index (κ1) is 27.9. The summed E-state index contributed by atoms with van der Waals surface area (Å²) in [6.45, 7) is 5.10. The molecule has 2 aliphatic rings. The summed E-state index contributed by atoms with van der Waals surface area (Å²) in [7, 11) is 0. The van der Waals surface area contributed by atoms with E-state index >= 15 is 0 Å². The van der Waals surface area contributed by atoms with Crippen molar-refractivity contribution in [3.05, 3.63) is 124 Å². The maximum Gasteiger partial charge on any atom is 0.351 e. The minimum Gasteiger partial charge on any atom is -0.317 e. The van der Waals surface area contributed by atoms with Crippen LogP contribution in [-0.4, -0.2) is 37.1 Å². The average molecular weight is 585 g/mol. The summed E-state index contributed by atoms with van der Waals surface area (Å²) in [6.07, 6.45) is 7.76. The fraction of sp³-hybridized carbons (Fsp3) is 0.235. The first-order valence-corrected chi connectivity index (χ1v) is 15.1. The van der Waals surface area contributed by atoms with Crippen LogP contribution in [0.25, 0.3) is 6.08 Å². The zero-order chi connectivity index (χ0) is 28.5. The fourth-order valence-corrected chi connectivity index (χ4v) is 7.32. The number of hydrogen-bond acceptors (Lipinski definition) is 4. The van der Waals surface area contributed by atoms with Crippen molar-refractivity contribution < 1.29 is 9.18 Å². The molecule has 4 aromatic rings. The summed E-state index contributed by atoms with van der Waals surface area (Å²) in [4.78, 5) is 20.8. The number of aromatic nitrogens is 1. The van der Waals surface area contributed by atoms with Gasteiger partial charge in [-0.1, -0.05) is 59.3 Å². The van der Waals surface area contributed by atoms with Gasteiger partial charge in [0.25, 0.3) is 0 Å². The molecule has 1 unspecified atom stereocenters. The van der Waals surface area contributed by atoms with E-state index in [2.05, 4.69) is 71.8 Å². The van der Waals surface area contributed by atoms with Crippen LogP contribution in [0.1, 0.15) is 39.9 Å². The number of quaternary nitrogens is 1. The summed E-state index contributed by atoms with van der Waals surface area (Å²) in [5.74, 6) is -0.217. The van der Waals surface area contributed by atoms with Crippen LogP contribution in [0.5, 0.6) is 0 Å². The highest BCUT2D eigenvalue weighted by atomic mass is 35.5. The maximum absolute atomic E-state index is 14.6. The summed E-state index contributed by atoms with van der Waals surface area (Å²) >= 11 is 7.89. The van der Waals surface area contributed by atoms with Crippen molar-refractivity contribution in [3.8, 4) is 0 Å². The Bertz CT molecular complexity index is 1600. The molecule has 1 spiro atoms. The molecule has 1 aromatic heterocycles. The number of nitrogens with one attached hydrogen (secondary N) is 1. The Labute approximate surface area is 249 Å². The molecule has 1 fully saturated rings. The molecule has 6 rings (SSSR count). The van der Waals surface area contributed by atoms with Crippen LogP contribution in [0.2, 0.25) is 5.15 Å². The van der Waals surface area contributed by atoms with Crippen LogP contribution < -0.4 is 9.80 Å². The third-order valence-corrected chi connectivity index (χ3v) is 9.55. The highest BCUT2D eigenvalue weighted by Crippen LogP contribution is 2.52. The van der Waals surface area contributed by atoms with Crippen molar-refractivity contribution in [2.75, 3.05) is 26.2 Å². The van der Waals surface area contributed by atoms with Crippen LogP contribution >= 0.6 is 23.4 Å². The van der Waals surface area contributed by atoms with Gasteiger partial charge in [-0.25, -0.2) is 18.7 Å². The van der Waals surface area contributed by atoms with Crippen molar-refractivity contribution in [1.82, 2.24) is 14.8 Å². The van der Waals surface area contributed by atoms with Crippen molar-refractivity contribution in [1.29, 1.82) is 0 Å². The Morgan fingerprint density at radius 2 is 1.76 bits per heavy atom. The molecule has 4 nitrogen and oxygen atoms in total. The number of benzene rings is 3. The monoisotopic (exact) mass is 584 g/mol. The summed E-state index contributed by atoms with van der Waals surface area (Å²) in [5, 5.41) is 3.83. The summed E-state index contributed by atoms with van der Waals surface area (Å²) < 4.78 is 13.7. The first-order valence-electron chi connectivity index (χ1n) is 13.9. The predicted molar refractivity (Wildman–Crippen MR) is 166 cm³/mol. The molecule has 0 saturated carbocycles. The van der Waals surface area contributed by atoms with Crippen LogP contribution in [0.4, 0.5) is 10.1 Å². The van der Waals surface area contributed by atoms with E-state index in [4.69, 9.17) is 11.6 Å². The molecule has 0 aliphatic carbocycles. The van der Waals surface area contributed by atoms with Gasteiger partial charge in [0.2, 0.25) is 0 Å². The van der Waals surface area contributed by atoms with Gasteiger partial charge in [-0.2, -0.15) is 0 Å². The minimum absolute atomic E-state index is 0.0263. The number of halogens is 2. The lowest BCUT2D eigenvalue weighted by molar-refractivity contribution is 0.0759. The first-order chi connectivity index (χ1) is 19.9. The Hall–Kier alpha value is -3.29. The highest BCUT2D eigenvalue weighted by Gasteiger charge is 2.57. The molecule has 1 N–H and O–H groups in total. The highest BCUT2D eigenvalue weighted by molar-refractivity contribution is 7.99. The van der Waals surface area contributed by atoms with Gasteiger partial charge < -0.3 is 5.32 Å². The Morgan fingerprint density at radius 3 is 2.49 bits per heavy atom. The standard InChI is InChI=1S/C34H32ClFN3OS/c1-24-4-6-25(7-5-24)3-2-20-39(33(40)26-14-17-38-32(35)21-26)23-34(15-18-37-19-16-34)30-22-29(12-13-31(30)39)41-28-10-8-27(36)9-11-28/h2-14,17,21-22,37H,15-16,18-20,23H2,1H3/q+1/b3-2+. The topological polar surface area (TPSA) is 42.0 Å². The zero-order valence-corrected chi connectivity index (χ0v) is 24.5. The molecule has 0 radical (unpaired) electrons. The molecule has 3 aromatic carbocycles. The minimum atomic E-state index is -0.243. The second-order valence-corrected chi connectivity index (χ2v) is 12.6. The largest absolute Gasteiger partial charge is 0.351 e. The number of aryl methyl sites for hydroxylation is 1. The molecule has 3 heterocycles. The van der Waals surface area contributed by atoms with Crippen LogP contribution in [-0.2, 0) is 5.41 Å². The van der Waals surface area contributed by atoms with Crippen LogP contribution in [0.15, 0.2) is 101 Å². The van der Waals surface area contributed by atoms with Crippen molar-refractivity contribution in [2.45, 2.75) is 35.0 Å². The van der Waals surface area contributed by atoms with Crippen molar-refractivity contribution in [3.63, 3.8) is 0 Å². The van der Waals surface area contributed by atoms with Gasteiger partial charge in [0.1, 0.15) is 29.7 Å². The average Bonchev–Trinajstić information content (AvgIpc) is 3.24. The number of carbonyl (C=O) groups is 1. The number of piperidine rings is 1. The van der Waals surface area contributed by atoms with Crippen LogP contribution in [0.3, 0.4) is 0 Å². The van der Waals surface area contributed by atoms with Crippen LogP contribution in [0, 0.1) is 12.7 Å². The second kappa shape index (κ2) is 11.5. The predicted octanol–water partition coefficient (Wildman–Crippen LogP) is 7.83. The van der Waals surface area contributed by atoms with E-state index in [1.54, 1.807) is 42.2 Å².